The van der Waals surface area contributed by atoms with Crippen LogP contribution in [-0.2, 0) is 6.42 Å². The molecule has 0 amide bonds. The van der Waals surface area contributed by atoms with Crippen molar-refractivity contribution in [2.75, 3.05) is 18.0 Å². The van der Waals surface area contributed by atoms with Crippen LogP contribution in [0, 0.1) is 6.92 Å². The Labute approximate surface area is 119 Å². The largest absolute Gasteiger partial charge is 0.338 e. The summed E-state index contributed by atoms with van der Waals surface area (Å²) < 4.78 is 0. The fourth-order valence-corrected chi connectivity index (χ4v) is 2.69. The maximum absolute atomic E-state index is 6.01. The first-order valence-electron chi connectivity index (χ1n) is 7.18. The summed E-state index contributed by atoms with van der Waals surface area (Å²) in [5, 5.41) is 7.38. The summed E-state index contributed by atoms with van der Waals surface area (Å²) >= 11 is 0. The van der Waals surface area contributed by atoms with Crippen molar-refractivity contribution < 1.29 is 0 Å². The lowest BCUT2D eigenvalue weighted by molar-refractivity contribution is 0.500. The second kappa shape index (κ2) is 5.63. The van der Waals surface area contributed by atoms with Gasteiger partial charge >= 0.3 is 0 Å². The Morgan fingerprint density at radius 1 is 1.40 bits per heavy atom. The molecule has 1 fully saturated rings. The number of nitrogens with two attached hydrogens (primary N) is 1. The standard InChI is InChI=1S/C15H21N5/c1-11-5-2-3-6-12(11)9-14-17-15(19-18-14)20-8-4-7-13(16)10-20/h2-3,5-6,13H,4,7-10,16H2,1H3,(H,17,18,19). The Bertz CT molecular complexity index is 577. The zero-order valence-electron chi connectivity index (χ0n) is 11.8. The number of hydrogen-bond donors (Lipinski definition) is 2. The summed E-state index contributed by atoms with van der Waals surface area (Å²) in [6, 6.07) is 8.61. The van der Waals surface area contributed by atoms with Crippen molar-refractivity contribution in [1.29, 1.82) is 0 Å². The molecule has 0 aliphatic carbocycles. The maximum Gasteiger partial charge on any atom is 0.244 e. The molecule has 1 unspecified atom stereocenters. The Morgan fingerprint density at radius 3 is 3.05 bits per heavy atom. The second-order valence-electron chi connectivity index (χ2n) is 5.53. The Hall–Kier alpha value is -1.88. The highest BCUT2D eigenvalue weighted by molar-refractivity contribution is 5.33. The minimum atomic E-state index is 0.238. The fraction of sp³-hybridized carbons (Fsp3) is 0.467. The number of nitrogens with one attached hydrogen (secondary N) is 1. The van der Waals surface area contributed by atoms with Crippen molar-refractivity contribution >= 4 is 5.95 Å². The highest BCUT2D eigenvalue weighted by atomic mass is 15.4. The van der Waals surface area contributed by atoms with Crippen LogP contribution >= 0.6 is 0 Å². The van der Waals surface area contributed by atoms with Gasteiger partial charge in [0.25, 0.3) is 0 Å². The molecule has 1 atom stereocenters. The molecule has 1 aliphatic rings. The van der Waals surface area contributed by atoms with Crippen molar-refractivity contribution in [1.82, 2.24) is 15.2 Å². The predicted molar refractivity (Wildman–Crippen MR) is 79.8 cm³/mol. The monoisotopic (exact) mass is 271 g/mol. The predicted octanol–water partition coefficient (Wildman–Crippen LogP) is 1.63. The SMILES string of the molecule is Cc1ccccc1Cc1nc(N2CCCC(N)C2)n[nH]1. The van der Waals surface area contributed by atoms with E-state index in [4.69, 9.17) is 5.73 Å². The Kier molecular flexibility index (Phi) is 3.69. The van der Waals surface area contributed by atoms with Gasteiger partial charge in [0.1, 0.15) is 5.82 Å². The lowest BCUT2D eigenvalue weighted by Crippen LogP contribution is -2.43. The maximum atomic E-state index is 6.01. The van der Waals surface area contributed by atoms with Gasteiger partial charge in [-0.25, -0.2) is 0 Å². The molecule has 1 aromatic heterocycles. The molecule has 2 aromatic rings. The molecule has 2 heterocycles. The van der Waals surface area contributed by atoms with Gasteiger partial charge in [-0.05, 0) is 30.9 Å². The van der Waals surface area contributed by atoms with Crippen LogP contribution in [-0.4, -0.2) is 34.3 Å². The Morgan fingerprint density at radius 2 is 2.25 bits per heavy atom. The number of aromatic amines is 1. The summed E-state index contributed by atoms with van der Waals surface area (Å²) in [4.78, 5) is 6.78. The van der Waals surface area contributed by atoms with Crippen LogP contribution in [0.25, 0.3) is 0 Å². The van der Waals surface area contributed by atoms with Gasteiger partial charge in [0.15, 0.2) is 0 Å². The number of anilines is 1. The summed E-state index contributed by atoms with van der Waals surface area (Å²) in [5.74, 6) is 1.69. The summed E-state index contributed by atoms with van der Waals surface area (Å²) in [7, 11) is 0. The molecule has 5 nitrogen and oxygen atoms in total. The molecule has 3 rings (SSSR count). The molecular formula is C15H21N5. The first kappa shape index (κ1) is 13.1. The number of hydrogen-bond acceptors (Lipinski definition) is 4. The minimum Gasteiger partial charge on any atom is -0.338 e. The molecule has 5 heteroatoms. The van der Waals surface area contributed by atoms with E-state index in [0.717, 1.165) is 44.1 Å². The number of piperidine rings is 1. The van der Waals surface area contributed by atoms with Gasteiger partial charge in [-0.3, -0.25) is 5.10 Å². The third-order valence-corrected chi connectivity index (χ3v) is 3.88. The van der Waals surface area contributed by atoms with Crippen molar-refractivity contribution in [3.63, 3.8) is 0 Å². The average molecular weight is 271 g/mol. The fourth-order valence-electron chi connectivity index (χ4n) is 2.69. The lowest BCUT2D eigenvalue weighted by atomic mass is 10.1. The molecule has 1 aromatic carbocycles. The number of aryl methyl sites for hydroxylation is 1. The normalized spacial score (nSPS) is 19.3. The number of aromatic nitrogens is 3. The van der Waals surface area contributed by atoms with Gasteiger partial charge in [-0.1, -0.05) is 24.3 Å². The quantitative estimate of drug-likeness (QED) is 0.890. The summed E-state index contributed by atoms with van der Waals surface area (Å²) in [6.45, 7) is 3.97. The third kappa shape index (κ3) is 2.82. The van der Waals surface area contributed by atoms with Crippen LogP contribution in [0.2, 0.25) is 0 Å². The van der Waals surface area contributed by atoms with Gasteiger partial charge in [-0.2, -0.15) is 4.98 Å². The molecule has 0 spiro atoms. The molecule has 106 valence electrons. The van der Waals surface area contributed by atoms with Gasteiger partial charge in [-0.15, -0.1) is 5.10 Å². The van der Waals surface area contributed by atoms with E-state index < -0.39 is 0 Å². The van der Waals surface area contributed by atoms with Gasteiger partial charge in [0, 0.05) is 25.6 Å². The highest BCUT2D eigenvalue weighted by Crippen LogP contribution is 2.17. The molecule has 0 bridgehead atoms. The second-order valence-corrected chi connectivity index (χ2v) is 5.53. The van der Waals surface area contributed by atoms with Gasteiger partial charge in [0.05, 0.1) is 0 Å². The van der Waals surface area contributed by atoms with Crippen LogP contribution in [0.5, 0.6) is 0 Å². The van der Waals surface area contributed by atoms with Crippen LogP contribution in [0.3, 0.4) is 0 Å². The van der Waals surface area contributed by atoms with E-state index in [1.165, 1.54) is 11.1 Å². The summed E-state index contributed by atoms with van der Waals surface area (Å²) in [5.41, 5.74) is 8.57. The van der Waals surface area contributed by atoms with Crippen LogP contribution in [0.1, 0.15) is 29.8 Å². The molecular weight excluding hydrogens is 250 g/mol. The number of nitrogens with zero attached hydrogens (tertiary/aromatic N) is 3. The molecule has 20 heavy (non-hydrogen) atoms. The van der Waals surface area contributed by atoms with E-state index in [-0.39, 0.29) is 6.04 Å². The van der Waals surface area contributed by atoms with Gasteiger partial charge < -0.3 is 10.6 Å². The van der Waals surface area contributed by atoms with E-state index in [0.29, 0.717) is 0 Å². The molecule has 0 saturated carbocycles. The number of H-pyrrole nitrogens is 1. The topological polar surface area (TPSA) is 70.8 Å². The van der Waals surface area contributed by atoms with Crippen LogP contribution in [0.4, 0.5) is 5.95 Å². The van der Waals surface area contributed by atoms with Crippen molar-refractivity contribution in [2.24, 2.45) is 5.73 Å². The first-order chi connectivity index (χ1) is 9.72. The zero-order valence-corrected chi connectivity index (χ0v) is 11.8. The van der Waals surface area contributed by atoms with E-state index in [2.05, 4.69) is 51.3 Å². The summed E-state index contributed by atoms with van der Waals surface area (Å²) in [6.07, 6.45) is 3.00. The van der Waals surface area contributed by atoms with E-state index in [1.54, 1.807) is 0 Å². The minimum absolute atomic E-state index is 0.238. The van der Waals surface area contributed by atoms with Crippen molar-refractivity contribution in [3.8, 4) is 0 Å². The van der Waals surface area contributed by atoms with Crippen LogP contribution < -0.4 is 10.6 Å². The van der Waals surface area contributed by atoms with Crippen LogP contribution in [0.15, 0.2) is 24.3 Å². The van der Waals surface area contributed by atoms with Gasteiger partial charge in [0.2, 0.25) is 5.95 Å². The average Bonchev–Trinajstić information content (AvgIpc) is 2.90. The zero-order chi connectivity index (χ0) is 13.9. The van der Waals surface area contributed by atoms with Crippen molar-refractivity contribution in [3.05, 3.63) is 41.2 Å². The Balaban J connectivity index is 1.72. The molecule has 0 radical (unpaired) electrons. The molecule has 1 saturated heterocycles. The van der Waals surface area contributed by atoms with Crippen molar-refractivity contribution in [2.45, 2.75) is 32.2 Å². The van der Waals surface area contributed by atoms with E-state index in [9.17, 15) is 0 Å². The third-order valence-electron chi connectivity index (χ3n) is 3.88. The molecule has 1 aliphatic heterocycles. The highest BCUT2D eigenvalue weighted by Gasteiger charge is 2.20. The number of rotatable bonds is 3. The lowest BCUT2D eigenvalue weighted by Gasteiger charge is -2.29. The van der Waals surface area contributed by atoms with E-state index in [1.807, 2.05) is 0 Å². The number of benzene rings is 1. The smallest absolute Gasteiger partial charge is 0.244 e. The first-order valence-corrected chi connectivity index (χ1v) is 7.18. The molecule has 3 N–H and O–H groups in total. The van der Waals surface area contributed by atoms with E-state index >= 15 is 0 Å².